The number of hydrogen-bond donors (Lipinski definition) is 1. The number of nitrogens with zero attached hydrogens (tertiary/aromatic N) is 2. The Bertz CT molecular complexity index is 1010. The summed E-state index contributed by atoms with van der Waals surface area (Å²) in [5.74, 6) is 1.37. The number of aliphatic hydroxyl groups is 1. The first-order valence-corrected chi connectivity index (χ1v) is 10.6. The molecule has 2 heterocycles. The van der Waals surface area contributed by atoms with E-state index in [1.165, 1.54) is 0 Å². The zero-order chi connectivity index (χ0) is 22.2. The number of benzene rings is 2. The van der Waals surface area contributed by atoms with Crippen LogP contribution in [0.1, 0.15) is 37.0 Å². The van der Waals surface area contributed by atoms with Crippen molar-refractivity contribution in [1.29, 1.82) is 0 Å². The molecule has 1 amide bonds. The third-order valence-corrected chi connectivity index (χ3v) is 6.21. The minimum Gasteiger partial charge on any atom is -0.493 e. The summed E-state index contributed by atoms with van der Waals surface area (Å²) >= 11 is 0. The van der Waals surface area contributed by atoms with Crippen molar-refractivity contribution in [3.8, 4) is 11.5 Å². The third kappa shape index (κ3) is 4.26. The molecule has 6 nitrogen and oxygen atoms in total. The number of rotatable bonds is 4. The Balaban J connectivity index is 1.75. The highest BCUT2D eigenvalue weighted by atomic mass is 16.5. The van der Waals surface area contributed by atoms with Crippen LogP contribution in [0.15, 0.2) is 42.6 Å². The Kier molecular flexibility index (Phi) is 5.67. The summed E-state index contributed by atoms with van der Waals surface area (Å²) in [5, 5.41) is 10.3. The largest absolute Gasteiger partial charge is 0.493 e. The van der Waals surface area contributed by atoms with Crippen LogP contribution in [0, 0.1) is 0 Å². The number of carbonyl (C=O) groups excluding carboxylic acids is 1. The van der Waals surface area contributed by atoms with Gasteiger partial charge < -0.3 is 24.4 Å². The number of hydrogen-bond acceptors (Lipinski definition) is 5. The molecule has 1 unspecified atom stereocenters. The van der Waals surface area contributed by atoms with Gasteiger partial charge in [0, 0.05) is 44.0 Å². The zero-order valence-electron chi connectivity index (χ0n) is 18.6. The number of methoxy groups -OCH3 is 2. The molecule has 1 saturated heterocycles. The number of β-amino-alcohol motifs (C(OH)–C–C–N with tert-alkyl or cyclic N) is 1. The molecular formula is C25H30N2O4. The fourth-order valence-corrected chi connectivity index (χ4v) is 4.41. The molecule has 1 N–H and O–H groups in total. The fraction of sp³-hybridized carbons (Fsp3) is 0.400. The molecule has 31 heavy (non-hydrogen) atoms. The van der Waals surface area contributed by atoms with Crippen molar-refractivity contribution in [1.82, 2.24) is 4.90 Å². The molecule has 0 bridgehead atoms. The van der Waals surface area contributed by atoms with Crippen LogP contribution in [0.3, 0.4) is 0 Å². The van der Waals surface area contributed by atoms with Crippen LogP contribution < -0.4 is 14.4 Å². The van der Waals surface area contributed by atoms with Crippen molar-refractivity contribution in [3.63, 3.8) is 0 Å². The van der Waals surface area contributed by atoms with Crippen LogP contribution in [-0.2, 0) is 11.2 Å². The molecular weight excluding hydrogens is 392 g/mol. The zero-order valence-corrected chi connectivity index (χ0v) is 18.6. The molecule has 0 saturated carbocycles. The van der Waals surface area contributed by atoms with Gasteiger partial charge in [0.1, 0.15) is 0 Å². The van der Waals surface area contributed by atoms with Gasteiger partial charge in [-0.15, -0.1) is 0 Å². The van der Waals surface area contributed by atoms with Crippen molar-refractivity contribution in [2.75, 3.05) is 38.8 Å². The SMILES string of the molecule is COc1cc2c(cc1OC)C(c1ccc(N3CCC(C)(O)C3)cc1)=CN(C(C)=O)CC2. The van der Waals surface area contributed by atoms with Crippen LogP contribution >= 0.6 is 0 Å². The summed E-state index contributed by atoms with van der Waals surface area (Å²) in [4.78, 5) is 16.2. The van der Waals surface area contributed by atoms with Gasteiger partial charge in [-0.1, -0.05) is 12.1 Å². The van der Waals surface area contributed by atoms with Crippen LogP contribution in [0.25, 0.3) is 5.57 Å². The van der Waals surface area contributed by atoms with E-state index in [-0.39, 0.29) is 5.91 Å². The Morgan fingerprint density at radius 3 is 2.32 bits per heavy atom. The molecule has 2 aromatic carbocycles. The lowest BCUT2D eigenvalue weighted by molar-refractivity contribution is -0.126. The van der Waals surface area contributed by atoms with E-state index in [2.05, 4.69) is 29.2 Å². The van der Waals surface area contributed by atoms with Crippen LogP contribution in [0.2, 0.25) is 0 Å². The van der Waals surface area contributed by atoms with Gasteiger partial charge in [-0.3, -0.25) is 4.79 Å². The van der Waals surface area contributed by atoms with E-state index in [9.17, 15) is 9.90 Å². The Hall–Kier alpha value is -2.99. The highest BCUT2D eigenvalue weighted by Crippen LogP contribution is 2.38. The highest BCUT2D eigenvalue weighted by molar-refractivity contribution is 5.86. The first kappa shape index (κ1) is 21.2. The Morgan fingerprint density at radius 2 is 1.74 bits per heavy atom. The Morgan fingerprint density at radius 1 is 1.06 bits per heavy atom. The van der Waals surface area contributed by atoms with Gasteiger partial charge >= 0.3 is 0 Å². The summed E-state index contributed by atoms with van der Waals surface area (Å²) in [5.41, 5.74) is 4.61. The van der Waals surface area contributed by atoms with Crippen LogP contribution in [0.4, 0.5) is 5.69 Å². The third-order valence-electron chi connectivity index (χ3n) is 6.21. The van der Waals surface area contributed by atoms with Crippen molar-refractivity contribution < 1.29 is 19.4 Å². The summed E-state index contributed by atoms with van der Waals surface area (Å²) < 4.78 is 11.0. The van der Waals surface area contributed by atoms with E-state index in [1.54, 1.807) is 26.0 Å². The normalized spacial score (nSPS) is 20.7. The van der Waals surface area contributed by atoms with Crippen LogP contribution in [-0.4, -0.2) is 55.4 Å². The summed E-state index contributed by atoms with van der Waals surface area (Å²) in [7, 11) is 3.26. The molecule has 0 spiro atoms. The second kappa shape index (κ2) is 8.27. The van der Waals surface area contributed by atoms with Crippen LogP contribution in [0.5, 0.6) is 11.5 Å². The minimum atomic E-state index is -0.640. The maximum Gasteiger partial charge on any atom is 0.223 e. The summed E-state index contributed by atoms with van der Waals surface area (Å²) in [6.07, 6.45) is 3.44. The standard InChI is InChI=1S/C25H30N2O4/c1-17(28)26-11-9-19-13-23(30-3)24(31-4)14-21(19)22(15-26)18-5-7-20(8-6-18)27-12-10-25(2,29)16-27/h5-8,13-15,29H,9-12,16H2,1-4H3. The van der Waals surface area contributed by atoms with Gasteiger partial charge in [0.25, 0.3) is 0 Å². The summed E-state index contributed by atoms with van der Waals surface area (Å²) in [6, 6.07) is 12.3. The summed E-state index contributed by atoms with van der Waals surface area (Å²) in [6.45, 7) is 5.56. The molecule has 1 fully saturated rings. The van der Waals surface area contributed by atoms with Gasteiger partial charge in [-0.25, -0.2) is 0 Å². The van der Waals surface area contributed by atoms with Crippen molar-refractivity contribution in [2.24, 2.45) is 0 Å². The number of fused-ring (bicyclic) bond motifs is 1. The molecule has 0 aliphatic carbocycles. The van der Waals surface area contributed by atoms with Crippen molar-refractivity contribution in [2.45, 2.75) is 32.3 Å². The molecule has 4 rings (SSSR count). The smallest absolute Gasteiger partial charge is 0.223 e. The lowest BCUT2D eigenvalue weighted by Gasteiger charge is -2.21. The van der Waals surface area contributed by atoms with E-state index in [0.717, 1.165) is 47.3 Å². The van der Waals surface area contributed by atoms with E-state index in [4.69, 9.17) is 9.47 Å². The van der Waals surface area contributed by atoms with Crippen molar-refractivity contribution in [3.05, 3.63) is 59.3 Å². The minimum absolute atomic E-state index is 0.0140. The maximum absolute atomic E-state index is 12.2. The average molecular weight is 423 g/mol. The van der Waals surface area contributed by atoms with E-state index < -0.39 is 5.60 Å². The van der Waals surface area contributed by atoms with E-state index in [0.29, 0.717) is 24.6 Å². The lowest BCUT2D eigenvalue weighted by atomic mass is 9.93. The van der Waals surface area contributed by atoms with Gasteiger partial charge in [-0.05, 0) is 60.7 Å². The van der Waals surface area contributed by atoms with Gasteiger partial charge in [-0.2, -0.15) is 0 Å². The molecule has 2 aromatic rings. The molecule has 0 aromatic heterocycles. The highest BCUT2D eigenvalue weighted by Gasteiger charge is 2.31. The molecule has 1 atom stereocenters. The average Bonchev–Trinajstić information content (AvgIpc) is 3.01. The van der Waals surface area contributed by atoms with Crippen molar-refractivity contribution >= 4 is 17.2 Å². The van der Waals surface area contributed by atoms with Gasteiger partial charge in [0.15, 0.2) is 11.5 Å². The molecule has 0 radical (unpaired) electrons. The number of carbonyl (C=O) groups is 1. The fourth-order valence-electron chi connectivity index (χ4n) is 4.41. The first-order valence-electron chi connectivity index (χ1n) is 10.6. The van der Waals surface area contributed by atoms with E-state index in [1.807, 2.05) is 25.3 Å². The maximum atomic E-state index is 12.2. The number of anilines is 1. The second-order valence-corrected chi connectivity index (χ2v) is 8.58. The first-order chi connectivity index (χ1) is 14.8. The molecule has 6 heteroatoms. The van der Waals surface area contributed by atoms with Gasteiger partial charge in [0.2, 0.25) is 5.91 Å². The van der Waals surface area contributed by atoms with Gasteiger partial charge in [0.05, 0.1) is 19.8 Å². The lowest BCUT2D eigenvalue weighted by Crippen LogP contribution is -2.29. The molecule has 2 aliphatic rings. The monoisotopic (exact) mass is 422 g/mol. The molecule has 164 valence electrons. The predicted molar refractivity (Wildman–Crippen MR) is 122 cm³/mol. The predicted octanol–water partition coefficient (Wildman–Crippen LogP) is 3.46. The number of ether oxygens (including phenoxy) is 2. The Labute approximate surface area is 183 Å². The molecule has 2 aliphatic heterocycles. The quantitative estimate of drug-likeness (QED) is 0.818. The second-order valence-electron chi connectivity index (χ2n) is 8.58. The topological polar surface area (TPSA) is 62.2 Å². The number of amides is 1. The van der Waals surface area contributed by atoms with E-state index >= 15 is 0 Å².